The summed E-state index contributed by atoms with van der Waals surface area (Å²) in [5.74, 6) is 0. The fourth-order valence-corrected chi connectivity index (χ4v) is 1.99. The highest BCUT2D eigenvalue weighted by Crippen LogP contribution is 2.26. The Morgan fingerprint density at radius 3 is 2.65 bits per heavy atom. The Balaban J connectivity index is 2.23. The number of aromatic nitrogens is 1. The Hall–Kier alpha value is -2.35. The average Bonchev–Trinajstić information content (AvgIpc) is 2.40. The van der Waals surface area contributed by atoms with Gasteiger partial charge in [0.25, 0.3) is 0 Å². The molecule has 82 valence electrons. The summed E-state index contributed by atoms with van der Waals surface area (Å²) in [5.41, 5.74) is 8.85. The second-order valence-corrected chi connectivity index (χ2v) is 4.00. The van der Waals surface area contributed by atoms with Crippen LogP contribution in [0, 0.1) is 0 Å². The van der Waals surface area contributed by atoms with Gasteiger partial charge in [-0.05, 0) is 29.7 Å². The molecule has 0 unspecified atom stereocenters. The molecule has 2 aromatic carbocycles. The van der Waals surface area contributed by atoms with Crippen molar-refractivity contribution in [2.75, 3.05) is 5.73 Å². The molecule has 3 rings (SSSR count). The summed E-state index contributed by atoms with van der Waals surface area (Å²) in [6, 6.07) is 18.1. The van der Waals surface area contributed by atoms with Gasteiger partial charge in [-0.15, -0.1) is 0 Å². The minimum absolute atomic E-state index is 0.806. The molecular weight excluding hydrogens is 208 g/mol. The van der Waals surface area contributed by atoms with Gasteiger partial charge in [-0.3, -0.25) is 4.98 Å². The topological polar surface area (TPSA) is 38.9 Å². The van der Waals surface area contributed by atoms with E-state index < -0.39 is 0 Å². The van der Waals surface area contributed by atoms with Gasteiger partial charge in [-0.1, -0.05) is 30.3 Å². The summed E-state index contributed by atoms with van der Waals surface area (Å²) in [5, 5.41) is 2.24. The largest absolute Gasteiger partial charge is 0.398 e. The maximum Gasteiger partial charge on any atom is 0.0702 e. The number of hydrogen-bond donors (Lipinski definition) is 1. The summed E-state index contributed by atoms with van der Waals surface area (Å²) in [7, 11) is 0. The van der Waals surface area contributed by atoms with E-state index in [1.807, 2.05) is 30.3 Å². The van der Waals surface area contributed by atoms with Crippen molar-refractivity contribution in [1.82, 2.24) is 4.98 Å². The van der Waals surface area contributed by atoms with Crippen molar-refractivity contribution in [3.05, 3.63) is 60.8 Å². The van der Waals surface area contributed by atoms with Crippen molar-refractivity contribution >= 4 is 16.5 Å². The molecule has 2 nitrogen and oxygen atoms in total. The van der Waals surface area contributed by atoms with Crippen molar-refractivity contribution in [2.45, 2.75) is 0 Å². The first kappa shape index (κ1) is 9.85. The zero-order chi connectivity index (χ0) is 11.7. The van der Waals surface area contributed by atoms with Crippen LogP contribution >= 0.6 is 0 Å². The van der Waals surface area contributed by atoms with Crippen LogP contribution in [-0.4, -0.2) is 4.98 Å². The highest BCUT2D eigenvalue weighted by Gasteiger charge is 2.02. The van der Waals surface area contributed by atoms with Crippen LogP contribution in [-0.2, 0) is 0 Å². The van der Waals surface area contributed by atoms with Crippen molar-refractivity contribution < 1.29 is 0 Å². The molecule has 0 fully saturated rings. The first-order valence-corrected chi connectivity index (χ1v) is 5.54. The maximum atomic E-state index is 5.98. The van der Waals surface area contributed by atoms with Crippen LogP contribution in [0.5, 0.6) is 0 Å². The van der Waals surface area contributed by atoms with Gasteiger partial charge in [-0.25, -0.2) is 0 Å². The van der Waals surface area contributed by atoms with Gasteiger partial charge >= 0.3 is 0 Å². The van der Waals surface area contributed by atoms with Crippen LogP contribution in [0.2, 0.25) is 0 Å². The average molecular weight is 220 g/mol. The standard InChI is InChI=1S/C15H12N2/c16-14-5-3-4-11-7-8-12(10-13(11)14)15-6-1-2-9-17-15/h1-10H,16H2. The first-order valence-electron chi connectivity index (χ1n) is 5.54. The SMILES string of the molecule is Nc1cccc2ccc(-c3ccccn3)cc12. The highest BCUT2D eigenvalue weighted by molar-refractivity contribution is 5.95. The van der Waals surface area contributed by atoms with E-state index in [1.54, 1.807) is 6.20 Å². The number of nitrogens with zero attached hydrogens (tertiary/aromatic N) is 1. The molecule has 1 heterocycles. The quantitative estimate of drug-likeness (QED) is 0.637. The molecule has 0 aliphatic carbocycles. The predicted molar refractivity (Wildman–Crippen MR) is 71.6 cm³/mol. The number of benzene rings is 2. The predicted octanol–water partition coefficient (Wildman–Crippen LogP) is 3.48. The van der Waals surface area contributed by atoms with Crippen molar-refractivity contribution in [3.8, 4) is 11.3 Å². The minimum Gasteiger partial charge on any atom is -0.398 e. The number of pyridine rings is 1. The van der Waals surface area contributed by atoms with Gasteiger partial charge in [-0.2, -0.15) is 0 Å². The Morgan fingerprint density at radius 2 is 1.82 bits per heavy atom. The molecule has 0 spiro atoms. The van der Waals surface area contributed by atoms with Gasteiger partial charge in [0.15, 0.2) is 0 Å². The van der Waals surface area contributed by atoms with Crippen molar-refractivity contribution in [1.29, 1.82) is 0 Å². The van der Waals surface area contributed by atoms with E-state index in [1.165, 1.54) is 0 Å². The van der Waals surface area contributed by atoms with Gasteiger partial charge in [0.2, 0.25) is 0 Å². The molecule has 0 saturated carbocycles. The van der Waals surface area contributed by atoms with E-state index in [0.29, 0.717) is 0 Å². The third kappa shape index (κ3) is 1.74. The van der Waals surface area contributed by atoms with Gasteiger partial charge in [0.1, 0.15) is 0 Å². The van der Waals surface area contributed by atoms with E-state index in [0.717, 1.165) is 27.7 Å². The molecular formula is C15H12N2. The van der Waals surface area contributed by atoms with E-state index >= 15 is 0 Å². The monoisotopic (exact) mass is 220 g/mol. The van der Waals surface area contributed by atoms with E-state index in [2.05, 4.69) is 29.2 Å². The van der Waals surface area contributed by atoms with Crippen LogP contribution in [0.3, 0.4) is 0 Å². The lowest BCUT2D eigenvalue weighted by Gasteiger charge is -2.05. The van der Waals surface area contributed by atoms with E-state index in [9.17, 15) is 0 Å². The number of nitrogen functional groups attached to an aromatic ring is 1. The Morgan fingerprint density at radius 1 is 0.882 bits per heavy atom. The number of nitrogens with two attached hydrogens (primary N) is 1. The summed E-state index contributed by atoms with van der Waals surface area (Å²) in [6.07, 6.45) is 1.80. The fraction of sp³-hybridized carbons (Fsp3) is 0. The smallest absolute Gasteiger partial charge is 0.0702 e. The molecule has 2 heteroatoms. The molecule has 17 heavy (non-hydrogen) atoms. The maximum absolute atomic E-state index is 5.98. The summed E-state index contributed by atoms with van der Waals surface area (Å²) in [6.45, 7) is 0. The molecule has 0 radical (unpaired) electrons. The Labute approximate surface area is 99.7 Å². The molecule has 0 saturated heterocycles. The van der Waals surface area contributed by atoms with Crippen LogP contribution in [0.1, 0.15) is 0 Å². The lowest BCUT2D eigenvalue weighted by Crippen LogP contribution is -1.88. The van der Waals surface area contributed by atoms with Crippen LogP contribution in [0.25, 0.3) is 22.0 Å². The van der Waals surface area contributed by atoms with E-state index in [-0.39, 0.29) is 0 Å². The van der Waals surface area contributed by atoms with Crippen LogP contribution in [0.15, 0.2) is 60.8 Å². The molecule has 0 bridgehead atoms. The molecule has 0 aliphatic rings. The summed E-state index contributed by atoms with van der Waals surface area (Å²) < 4.78 is 0. The highest BCUT2D eigenvalue weighted by atomic mass is 14.7. The molecule has 3 aromatic rings. The van der Waals surface area contributed by atoms with Crippen molar-refractivity contribution in [2.24, 2.45) is 0 Å². The first-order chi connectivity index (χ1) is 8.34. The van der Waals surface area contributed by atoms with Gasteiger partial charge in [0, 0.05) is 22.8 Å². The number of fused-ring (bicyclic) bond motifs is 1. The summed E-state index contributed by atoms with van der Waals surface area (Å²) in [4.78, 5) is 4.34. The zero-order valence-corrected chi connectivity index (χ0v) is 9.30. The normalized spacial score (nSPS) is 10.6. The zero-order valence-electron chi connectivity index (χ0n) is 9.30. The molecule has 1 aromatic heterocycles. The second-order valence-electron chi connectivity index (χ2n) is 4.00. The number of anilines is 1. The lowest BCUT2D eigenvalue weighted by atomic mass is 10.0. The van der Waals surface area contributed by atoms with Crippen molar-refractivity contribution in [3.63, 3.8) is 0 Å². The second kappa shape index (κ2) is 3.91. The lowest BCUT2D eigenvalue weighted by molar-refractivity contribution is 1.33. The minimum atomic E-state index is 0.806. The van der Waals surface area contributed by atoms with E-state index in [4.69, 9.17) is 5.73 Å². The molecule has 2 N–H and O–H groups in total. The molecule has 0 aliphatic heterocycles. The fourth-order valence-electron chi connectivity index (χ4n) is 1.99. The third-order valence-corrected chi connectivity index (χ3v) is 2.88. The molecule has 0 amide bonds. The van der Waals surface area contributed by atoms with Gasteiger partial charge < -0.3 is 5.73 Å². The van der Waals surface area contributed by atoms with Gasteiger partial charge in [0.05, 0.1) is 5.69 Å². The Bertz CT molecular complexity index is 660. The molecule has 0 atom stereocenters. The van der Waals surface area contributed by atoms with Crippen LogP contribution < -0.4 is 5.73 Å². The number of rotatable bonds is 1. The summed E-state index contributed by atoms with van der Waals surface area (Å²) >= 11 is 0. The Kier molecular flexibility index (Phi) is 2.26. The van der Waals surface area contributed by atoms with Crippen LogP contribution in [0.4, 0.5) is 5.69 Å². The number of hydrogen-bond acceptors (Lipinski definition) is 2. The third-order valence-electron chi connectivity index (χ3n) is 2.88.